The molecular weight excluding hydrogens is 218 g/mol. The lowest BCUT2D eigenvalue weighted by atomic mass is 9.89. The minimum atomic E-state index is 0.753. The highest BCUT2D eigenvalue weighted by Gasteiger charge is 2.43. The van der Waals surface area contributed by atoms with Gasteiger partial charge in [-0.05, 0) is 43.2 Å². The molecule has 2 aliphatic heterocycles. The number of fused-ring (bicyclic) bond motifs is 5. The molecule has 1 heteroatoms. The summed E-state index contributed by atoms with van der Waals surface area (Å²) in [5.74, 6) is 0. The van der Waals surface area contributed by atoms with E-state index in [9.17, 15) is 0 Å². The number of rotatable bonds is 1. The Morgan fingerprint density at radius 1 is 0.722 bits per heavy atom. The molecule has 1 saturated heterocycles. The van der Waals surface area contributed by atoms with Crippen molar-refractivity contribution in [2.24, 2.45) is 0 Å². The average molecular weight is 241 g/mol. The summed E-state index contributed by atoms with van der Waals surface area (Å²) in [6, 6.07) is 11.6. The fraction of sp³-hybridized carbons (Fsp3) is 0.647. The Morgan fingerprint density at radius 2 is 1.33 bits per heavy atom. The summed E-state index contributed by atoms with van der Waals surface area (Å²) >= 11 is 0. The van der Waals surface area contributed by atoms with E-state index in [0.717, 1.165) is 18.1 Å². The highest BCUT2D eigenvalue weighted by molar-refractivity contribution is 5.38. The first-order valence-corrected chi connectivity index (χ1v) is 7.81. The maximum absolute atomic E-state index is 2.91. The summed E-state index contributed by atoms with van der Waals surface area (Å²) in [6.45, 7) is 0. The minimum absolute atomic E-state index is 0.753. The molecular formula is C17H23N. The Morgan fingerprint density at radius 3 is 1.94 bits per heavy atom. The van der Waals surface area contributed by atoms with E-state index in [1.54, 1.807) is 11.1 Å². The van der Waals surface area contributed by atoms with Crippen molar-refractivity contribution >= 4 is 0 Å². The van der Waals surface area contributed by atoms with Gasteiger partial charge in [0.25, 0.3) is 0 Å². The molecule has 1 nitrogen and oxygen atoms in total. The van der Waals surface area contributed by atoms with Crippen LogP contribution in [0.1, 0.15) is 74.6 Å². The van der Waals surface area contributed by atoms with Crippen molar-refractivity contribution in [1.82, 2.24) is 4.90 Å². The van der Waals surface area contributed by atoms with Crippen LogP contribution in [0, 0.1) is 0 Å². The molecule has 0 N–H and O–H groups in total. The average Bonchev–Trinajstić information content (AvgIpc) is 2.65. The van der Waals surface area contributed by atoms with Crippen LogP contribution in [0.25, 0.3) is 0 Å². The third-order valence-corrected chi connectivity index (χ3v) is 5.39. The van der Waals surface area contributed by atoms with Gasteiger partial charge in [-0.25, -0.2) is 0 Å². The third-order valence-electron chi connectivity index (χ3n) is 5.39. The van der Waals surface area contributed by atoms with E-state index in [1.807, 2.05) is 0 Å². The van der Waals surface area contributed by atoms with Crippen molar-refractivity contribution in [3.8, 4) is 0 Å². The van der Waals surface area contributed by atoms with Gasteiger partial charge in [-0.1, -0.05) is 43.5 Å². The summed E-state index contributed by atoms with van der Waals surface area (Å²) in [5.41, 5.74) is 3.32. The predicted molar refractivity (Wildman–Crippen MR) is 74.5 cm³/mol. The second-order valence-electron chi connectivity index (χ2n) is 6.33. The second-order valence-corrected chi connectivity index (χ2v) is 6.33. The molecule has 1 aromatic carbocycles. The molecule has 2 bridgehead atoms. The van der Waals surface area contributed by atoms with Crippen LogP contribution < -0.4 is 0 Å². The normalized spacial score (nSPS) is 32.4. The molecule has 18 heavy (non-hydrogen) atoms. The zero-order valence-electron chi connectivity index (χ0n) is 11.1. The number of benzene rings is 1. The van der Waals surface area contributed by atoms with E-state index >= 15 is 0 Å². The van der Waals surface area contributed by atoms with Crippen LogP contribution in [0.5, 0.6) is 0 Å². The summed E-state index contributed by atoms with van der Waals surface area (Å²) < 4.78 is 0. The summed E-state index contributed by atoms with van der Waals surface area (Å²) in [5, 5.41) is 0. The lowest BCUT2D eigenvalue weighted by Crippen LogP contribution is -2.40. The van der Waals surface area contributed by atoms with Gasteiger partial charge in [0.15, 0.2) is 0 Å². The smallest absolute Gasteiger partial charge is 0.0360 e. The molecule has 1 saturated carbocycles. The van der Waals surface area contributed by atoms with Crippen molar-refractivity contribution in [3.63, 3.8) is 0 Å². The number of nitrogens with zero attached hydrogens (tertiary/aromatic N) is 1. The van der Waals surface area contributed by atoms with Gasteiger partial charge in [0.05, 0.1) is 0 Å². The van der Waals surface area contributed by atoms with Crippen molar-refractivity contribution < 1.29 is 0 Å². The number of hydrogen-bond acceptors (Lipinski definition) is 1. The van der Waals surface area contributed by atoms with Crippen molar-refractivity contribution in [2.45, 2.75) is 69.5 Å². The highest BCUT2D eigenvalue weighted by Crippen LogP contribution is 2.52. The first kappa shape index (κ1) is 11.0. The lowest BCUT2D eigenvalue weighted by molar-refractivity contribution is 0.0401. The summed E-state index contributed by atoms with van der Waals surface area (Å²) in [7, 11) is 0. The minimum Gasteiger partial charge on any atom is -0.286 e. The Hall–Kier alpha value is -0.820. The largest absolute Gasteiger partial charge is 0.286 e. The van der Waals surface area contributed by atoms with Crippen LogP contribution in [-0.2, 0) is 0 Å². The SMILES string of the molecule is c1ccc2c(c1)C1CCCC2N1C1CCCCC1. The molecule has 1 aliphatic carbocycles. The van der Waals surface area contributed by atoms with Crippen LogP contribution in [0.2, 0.25) is 0 Å². The topological polar surface area (TPSA) is 3.24 Å². The first-order valence-electron chi connectivity index (χ1n) is 7.81. The predicted octanol–water partition coefficient (Wildman–Crippen LogP) is 4.60. The molecule has 2 unspecified atom stereocenters. The van der Waals surface area contributed by atoms with Crippen LogP contribution >= 0.6 is 0 Å². The standard InChI is InChI=1S/C17H23N/c1-2-7-13(8-3-1)18-16-11-6-12-17(18)15-10-5-4-9-14(15)16/h4-5,9-10,13,16-17H,1-3,6-8,11-12H2. The van der Waals surface area contributed by atoms with E-state index in [0.29, 0.717) is 0 Å². The quantitative estimate of drug-likeness (QED) is 0.694. The van der Waals surface area contributed by atoms with Crippen LogP contribution in [0.15, 0.2) is 24.3 Å². The van der Waals surface area contributed by atoms with Crippen LogP contribution in [0.3, 0.4) is 0 Å². The molecule has 96 valence electrons. The second kappa shape index (κ2) is 4.38. The van der Waals surface area contributed by atoms with Crippen LogP contribution in [0.4, 0.5) is 0 Å². The Bertz CT molecular complexity index is 402. The Kier molecular flexibility index (Phi) is 2.69. The van der Waals surface area contributed by atoms with E-state index in [4.69, 9.17) is 0 Å². The molecule has 3 aliphatic rings. The molecule has 0 aromatic heterocycles. The zero-order chi connectivity index (χ0) is 11.9. The molecule has 2 fully saturated rings. The zero-order valence-corrected chi connectivity index (χ0v) is 11.1. The van der Waals surface area contributed by atoms with E-state index < -0.39 is 0 Å². The fourth-order valence-corrected chi connectivity index (χ4v) is 4.66. The maximum Gasteiger partial charge on any atom is 0.0360 e. The van der Waals surface area contributed by atoms with Crippen LogP contribution in [-0.4, -0.2) is 10.9 Å². The van der Waals surface area contributed by atoms with Crippen molar-refractivity contribution in [3.05, 3.63) is 35.4 Å². The van der Waals surface area contributed by atoms with Gasteiger partial charge >= 0.3 is 0 Å². The van der Waals surface area contributed by atoms with E-state index in [2.05, 4.69) is 29.2 Å². The number of piperidine rings is 1. The molecule has 0 amide bonds. The first-order chi connectivity index (χ1) is 8.95. The monoisotopic (exact) mass is 241 g/mol. The van der Waals surface area contributed by atoms with Gasteiger partial charge in [0.1, 0.15) is 0 Å². The van der Waals surface area contributed by atoms with Gasteiger partial charge < -0.3 is 0 Å². The summed E-state index contributed by atoms with van der Waals surface area (Å²) in [6.07, 6.45) is 11.5. The molecule has 0 radical (unpaired) electrons. The summed E-state index contributed by atoms with van der Waals surface area (Å²) in [4.78, 5) is 2.91. The van der Waals surface area contributed by atoms with E-state index in [1.165, 1.54) is 51.4 Å². The molecule has 2 atom stereocenters. The van der Waals surface area contributed by atoms with Gasteiger partial charge in [0, 0.05) is 18.1 Å². The maximum atomic E-state index is 2.91. The van der Waals surface area contributed by atoms with Gasteiger partial charge in [-0.15, -0.1) is 0 Å². The van der Waals surface area contributed by atoms with E-state index in [-0.39, 0.29) is 0 Å². The molecule has 4 rings (SSSR count). The van der Waals surface area contributed by atoms with Gasteiger partial charge in [-0.3, -0.25) is 4.90 Å². The van der Waals surface area contributed by atoms with Crippen molar-refractivity contribution in [1.29, 1.82) is 0 Å². The molecule has 1 aromatic rings. The van der Waals surface area contributed by atoms with Gasteiger partial charge in [0.2, 0.25) is 0 Å². The van der Waals surface area contributed by atoms with Gasteiger partial charge in [-0.2, -0.15) is 0 Å². The molecule has 2 heterocycles. The Labute approximate surface area is 110 Å². The highest BCUT2D eigenvalue weighted by atomic mass is 15.2. The third kappa shape index (κ3) is 1.56. The lowest BCUT2D eigenvalue weighted by Gasteiger charge is -2.42. The Balaban J connectivity index is 1.70. The molecule has 0 spiro atoms. The number of hydrogen-bond donors (Lipinski definition) is 0. The fourth-order valence-electron chi connectivity index (χ4n) is 4.66. The van der Waals surface area contributed by atoms with Crippen molar-refractivity contribution in [2.75, 3.05) is 0 Å².